The molecule has 2 amide bonds. The van der Waals surface area contributed by atoms with Gasteiger partial charge in [-0.1, -0.05) is 0 Å². The monoisotopic (exact) mass is 576 g/mol. The summed E-state index contributed by atoms with van der Waals surface area (Å²) in [7, 11) is -3.54. The van der Waals surface area contributed by atoms with Crippen LogP contribution >= 0.6 is 0 Å². The number of likely N-dealkylation sites (tertiary alicyclic amines) is 1. The number of alkyl carbamates (subject to hydrolysis) is 1. The second-order valence-corrected chi connectivity index (χ2v) is 13.4. The molecule has 1 aromatic heterocycles. The van der Waals surface area contributed by atoms with Crippen molar-refractivity contribution in [2.75, 3.05) is 37.8 Å². The number of nitrogens with one attached hydrogen (secondary N) is 2. The van der Waals surface area contributed by atoms with Gasteiger partial charge in [0.25, 0.3) is 0 Å². The Kier molecular flexibility index (Phi) is 8.64. The van der Waals surface area contributed by atoms with Crippen molar-refractivity contribution in [1.82, 2.24) is 25.1 Å². The zero-order chi connectivity index (χ0) is 29.2. The van der Waals surface area contributed by atoms with Crippen molar-refractivity contribution in [2.45, 2.75) is 70.0 Å². The number of hydrogen-bond donors (Lipinski definition) is 2. The quantitative estimate of drug-likeness (QED) is 0.532. The van der Waals surface area contributed by atoms with Crippen LogP contribution in [0.5, 0.6) is 0 Å². The molecule has 1 fully saturated rings. The molecule has 0 bridgehead atoms. The third-order valence-corrected chi connectivity index (χ3v) is 7.84. The molecule has 0 saturated carbocycles. The normalized spacial score (nSPS) is 18.1. The summed E-state index contributed by atoms with van der Waals surface area (Å²) in [5, 5.41) is 5.87. The van der Waals surface area contributed by atoms with Gasteiger partial charge in [-0.25, -0.2) is 27.6 Å². The first kappa shape index (κ1) is 29.7. The average Bonchev–Trinajstić information content (AvgIpc) is 2.83. The maximum absolute atomic E-state index is 14.8. The topological polar surface area (TPSA) is 134 Å². The van der Waals surface area contributed by atoms with Crippen molar-refractivity contribution in [2.24, 2.45) is 0 Å². The van der Waals surface area contributed by atoms with E-state index < -0.39 is 27.3 Å². The molecular weight excluding hydrogens is 539 g/mol. The van der Waals surface area contributed by atoms with E-state index in [2.05, 4.69) is 20.6 Å². The molecule has 0 aliphatic carbocycles. The Bertz CT molecular complexity index is 1390. The summed E-state index contributed by atoms with van der Waals surface area (Å²) >= 11 is 0. The van der Waals surface area contributed by atoms with E-state index in [4.69, 9.17) is 4.74 Å². The smallest absolute Gasteiger partial charge is 0.407 e. The summed E-state index contributed by atoms with van der Waals surface area (Å²) in [5.74, 6) is 0.195. The first-order valence-electron chi connectivity index (χ1n) is 13.3. The molecule has 2 N–H and O–H groups in total. The van der Waals surface area contributed by atoms with Gasteiger partial charge in [-0.15, -0.1) is 0 Å². The van der Waals surface area contributed by atoms with Gasteiger partial charge in [-0.3, -0.25) is 9.69 Å². The van der Waals surface area contributed by atoms with E-state index in [0.717, 1.165) is 36.4 Å². The van der Waals surface area contributed by atoms with Crippen molar-refractivity contribution in [3.63, 3.8) is 0 Å². The number of hydrogen-bond acceptors (Lipinski definition) is 9. The van der Waals surface area contributed by atoms with Crippen molar-refractivity contribution in [3.05, 3.63) is 41.1 Å². The molecule has 40 heavy (non-hydrogen) atoms. The van der Waals surface area contributed by atoms with Gasteiger partial charge < -0.3 is 20.3 Å². The van der Waals surface area contributed by atoms with Gasteiger partial charge >= 0.3 is 6.09 Å². The first-order valence-corrected chi connectivity index (χ1v) is 15.2. The number of aryl methyl sites for hydroxylation is 1. The van der Waals surface area contributed by atoms with Crippen LogP contribution in [0.3, 0.4) is 0 Å². The van der Waals surface area contributed by atoms with Gasteiger partial charge in [0, 0.05) is 50.5 Å². The second-order valence-electron chi connectivity index (χ2n) is 11.4. The summed E-state index contributed by atoms with van der Waals surface area (Å²) < 4.78 is 43.7. The van der Waals surface area contributed by atoms with Crippen molar-refractivity contribution in [3.8, 4) is 0 Å². The van der Waals surface area contributed by atoms with Crippen LogP contribution in [-0.4, -0.2) is 84.3 Å². The minimum atomic E-state index is -3.54. The van der Waals surface area contributed by atoms with E-state index in [1.807, 2.05) is 4.90 Å². The van der Waals surface area contributed by atoms with Crippen LogP contribution in [0.15, 0.2) is 23.1 Å². The van der Waals surface area contributed by atoms with Crippen LogP contribution in [0.1, 0.15) is 50.7 Å². The number of ether oxygens (including phenoxy) is 1. The third-order valence-electron chi connectivity index (χ3n) is 6.73. The molecule has 11 nitrogen and oxygen atoms in total. The number of rotatable bonds is 6. The fourth-order valence-electron chi connectivity index (χ4n) is 4.87. The molecule has 13 heteroatoms. The van der Waals surface area contributed by atoms with E-state index in [1.54, 1.807) is 32.6 Å². The highest BCUT2D eigenvalue weighted by molar-refractivity contribution is 7.90. The van der Waals surface area contributed by atoms with Crippen molar-refractivity contribution < 1.29 is 27.1 Å². The zero-order valence-corrected chi connectivity index (χ0v) is 24.4. The fourth-order valence-corrected chi connectivity index (χ4v) is 5.51. The molecule has 0 radical (unpaired) electrons. The number of carbonyl (C=O) groups excluding carboxylic acids is 2. The summed E-state index contributed by atoms with van der Waals surface area (Å²) in [4.78, 5) is 38.1. The Balaban J connectivity index is 1.42. The van der Waals surface area contributed by atoms with E-state index in [9.17, 15) is 22.4 Å². The van der Waals surface area contributed by atoms with Crippen molar-refractivity contribution >= 4 is 33.3 Å². The molecule has 3 heterocycles. The minimum Gasteiger partial charge on any atom is -0.444 e. The lowest BCUT2D eigenvalue weighted by atomic mass is 10.0. The summed E-state index contributed by atoms with van der Waals surface area (Å²) in [6, 6.07) is 3.52. The molecule has 1 saturated heterocycles. The van der Waals surface area contributed by atoms with E-state index in [0.29, 0.717) is 44.2 Å². The average molecular weight is 577 g/mol. The highest BCUT2D eigenvalue weighted by Gasteiger charge is 2.29. The van der Waals surface area contributed by atoms with Crippen LogP contribution in [0.25, 0.3) is 0 Å². The lowest BCUT2D eigenvalue weighted by molar-refractivity contribution is -0.134. The zero-order valence-electron chi connectivity index (χ0n) is 23.6. The van der Waals surface area contributed by atoms with Gasteiger partial charge in [0.05, 0.1) is 22.8 Å². The summed E-state index contributed by atoms with van der Waals surface area (Å²) in [6.45, 7) is 9.40. The SMILES string of the molecule is Cc1nc2c(c(Nc3ccc(S(C)(=O)=O)cc3F)n1)CN(CC(=O)N1CCC[C@@H](NC(=O)OC(C)(C)C)C1)CC2. The lowest BCUT2D eigenvalue weighted by Gasteiger charge is -2.36. The second kappa shape index (κ2) is 11.7. The Morgan fingerprint density at radius 2 is 1.95 bits per heavy atom. The van der Waals surface area contributed by atoms with E-state index in [1.165, 1.54) is 12.1 Å². The van der Waals surface area contributed by atoms with Crippen LogP contribution in [-0.2, 0) is 32.3 Å². The number of carbonyl (C=O) groups is 2. The molecule has 2 aromatic rings. The van der Waals surface area contributed by atoms with Crippen LogP contribution < -0.4 is 10.6 Å². The van der Waals surface area contributed by atoms with Crippen LogP contribution in [0.2, 0.25) is 0 Å². The number of sulfone groups is 1. The highest BCUT2D eigenvalue weighted by Crippen LogP contribution is 2.29. The fraction of sp³-hybridized carbons (Fsp3) is 0.556. The molecule has 2 aliphatic rings. The predicted octanol–water partition coefficient (Wildman–Crippen LogP) is 2.95. The number of fused-ring (bicyclic) bond motifs is 1. The van der Waals surface area contributed by atoms with Gasteiger partial charge in [-0.2, -0.15) is 0 Å². The Morgan fingerprint density at radius 1 is 1.20 bits per heavy atom. The number of halogens is 1. The Morgan fingerprint density at radius 3 is 2.62 bits per heavy atom. The minimum absolute atomic E-state index is 0.0379. The third kappa shape index (κ3) is 7.66. The van der Waals surface area contributed by atoms with Gasteiger partial charge in [-0.05, 0) is 58.7 Å². The molecule has 0 unspecified atom stereocenters. The largest absolute Gasteiger partial charge is 0.444 e. The van der Waals surface area contributed by atoms with Crippen LogP contribution in [0, 0.1) is 12.7 Å². The van der Waals surface area contributed by atoms with Gasteiger partial charge in [0.2, 0.25) is 5.91 Å². The maximum atomic E-state index is 14.8. The molecule has 2 aliphatic heterocycles. The van der Waals surface area contributed by atoms with Gasteiger partial charge in [0.1, 0.15) is 23.1 Å². The number of amides is 2. The number of anilines is 2. The lowest BCUT2D eigenvalue weighted by Crippen LogP contribution is -2.52. The molecule has 4 rings (SSSR count). The number of benzene rings is 1. The summed E-state index contributed by atoms with van der Waals surface area (Å²) in [6.07, 6.45) is 2.68. The standard InChI is InChI=1S/C27H37FN6O5S/c1-17-29-22-10-12-33(16-24(35)34-11-6-7-18(14-34)31-26(36)39-27(2,3)4)15-20(22)25(30-17)32-23-9-8-19(13-21(23)28)40(5,37)38/h8-9,13,18H,6-7,10-12,14-16H2,1-5H3,(H,31,36)(H,29,30,32)/t18-/m1/s1. The van der Waals surface area contributed by atoms with Crippen LogP contribution in [0.4, 0.5) is 20.7 Å². The van der Waals surface area contributed by atoms with E-state index >= 15 is 0 Å². The molecule has 1 atom stereocenters. The summed E-state index contributed by atoms with van der Waals surface area (Å²) in [5.41, 5.74) is 1.09. The van der Waals surface area contributed by atoms with Gasteiger partial charge in [0.15, 0.2) is 9.84 Å². The Hall–Kier alpha value is -3.32. The number of nitrogens with zero attached hydrogens (tertiary/aromatic N) is 4. The Labute approximate surface area is 234 Å². The van der Waals surface area contributed by atoms with E-state index in [-0.39, 0.29) is 29.1 Å². The molecule has 218 valence electrons. The molecule has 1 aromatic carbocycles. The number of aromatic nitrogens is 2. The molecule has 0 spiro atoms. The molecular formula is C27H37FN6O5S. The highest BCUT2D eigenvalue weighted by atomic mass is 32.2. The first-order chi connectivity index (χ1) is 18.7. The van der Waals surface area contributed by atoms with Crippen molar-refractivity contribution in [1.29, 1.82) is 0 Å². The predicted molar refractivity (Wildman–Crippen MR) is 148 cm³/mol. The number of piperidine rings is 1. The maximum Gasteiger partial charge on any atom is 0.407 e.